The molecule has 0 spiro atoms. The first-order valence-electron chi connectivity index (χ1n) is 7.30. The molecular weight excluding hydrogens is 212 g/mol. The Bertz CT molecular complexity index is 305. The van der Waals surface area contributed by atoms with Gasteiger partial charge in [-0.2, -0.15) is 0 Å². The summed E-state index contributed by atoms with van der Waals surface area (Å²) in [4.78, 5) is 14.1. The van der Waals surface area contributed by atoms with Crippen molar-refractivity contribution in [1.29, 1.82) is 0 Å². The van der Waals surface area contributed by atoms with Crippen LogP contribution in [0, 0.1) is 17.8 Å². The minimum absolute atomic E-state index is 0.325. The van der Waals surface area contributed by atoms with Gasteiger partial charge < -0.3 is 4.90 Å². The Balaban J connectivity index is 1.61. The van der Waals surface area contributed by atoms with E-state index in [4.69, 9.17) is 0 Å². The monoisotopic (exact) mass is 236 g/mol. The average molecular weight is 236 g/mol. The molecule has 96 valence electrons. The van der Waals surface area contributed by atoms with Gasteiger partial charge in [0.25, 0.3) is 0 Å². The summed E-state index contributed by atoms with van der Waals surface area (Å²) in [6.07, 6.45) is 8.28. The smallest absolute Gasteiger partial charge is 0.237 e. The zero-order chi connectivity index (χ0) is 11.8. The van der Waals surface area contributed by atoms with Crippen molar-refractivity contribution in [2.75, 3.05) is 13.1 Å². The molecule has 2 aliphatic carbocycles. The minimum Gasteiger partial charge on any atom is -0.326 e. The van der Waals surface area contributed by atoms with Crippen molar-refractivity contribution in [1.82, 2.24) is 10.2 Å². The summed E-state index contributed by atoms with van der Waals surface area (Å²) in [7, 11) is 0. The lowest BCUT2D eigenvalue weighted by molar-refractivity contribution is -0.128. The number of carbonyl (C=O) groups is 1. The van der Waals surface area contributed by atoms with Crippen molar-refractivity contribution in [3.05, 3.63) is 0 Å². The van der Waals surface area contributed by atoms with Gasteiger partial charge in [0.2, 0.25) is 5.91 Å². The fourth-order valence-electron chi connectivity index (χ4n) is 4.20. The molecule has 4 atom stereocenters. The Morgan fingerprint density at radius 3 is 2.88 bits per heavy atom. The minimum atomic E-state index is 0.325. The van der Waals surface area contributed by atoms with Gasteiger partial charge >= 0.3 is 0 Å². The predicted octanol–water partition coefficient (Wildman–Crippen LogP) is 1.98. The second-order valence-electron chi connectivity index (χ2n) is 6.17. The molecule has 2 bridgehead atoms. The van der Waals surface area contributed by atoms with Crippen LogP contribution in [0.15, 0.2) is 0 Å². The zero-order valence-electron chi connectivity index (χ0n) is 10.8. The first kappa shape index (κ1) is 11.5. The van der Waals surface area contributed by atoms with Crippen LogP contribution in [0.1, 0.15) is 45.4 Å². The SMILES string of the molecule is CCCC1NCC(=O)N1CC1CC2CCC1C2. The quantitative estimate of drug-likeness (QED) is 0.809. The first-order valence-corrected chi connectivity index (χ1v) is 7.30. The molecule has 0 aromatic heterocycles. The zero-order valence-corrected chi connectivity index (χ0v) is 10.8. The molecule has 0 aromatic carbocycles. The van der Waals surface area contributed by atoms with Crippen molar-refractivity contribution in [3.8, 4) is 0 Å². The molecule has 1 N–H and O–H groups in total. The van der Waals surface area contributed by atoms with Gasteiger partial charge in [-0.15, -0.1) is 0 Å². The topological polar surface area (TPSA) is 32.3 Å². The molecule has 3 rings (SSSR count). The molecule has 2 saturated carbocycles. The fraction of sp³-hybridized carbons (Fsp3) is 0.929. The van der Waals surface area contributed by atoms with Crippen LogP contribution < -0.4 is 5.32 Å². The second kappa shape index (κ2) is 4.60. The van der Waals surface area contributed by atoms with E-state index in [-0.39, 0.29) is 0 Å². The maximum absolute atomic E-state index is 11.9. The highest BCUT2D eigenvalue weighted by atomic mass is 16.2. The molecule has 3 aliphatic rings. The Morgan fingerprint density at radius 1 is 1.35 bits per heavy atom. The second-order valence-corrected chi connectivity index (χ2v) is 6.17. The van der Waals surface area contributed by atoms with Gasteiger partial charge in [0.1, 0.15) is 0 Å². The molecule has 1 saturated heterocycles. The van der Waals surface area contributed by atoms with E-state index in [0.717, 1.165) is 37.1 Å². The first-order chi connectivity index (χ1) is 8.28. The van der Waals surface area contributed by atoms with Gasteiger partial charge in [-0.1, -0.05) is 19.8 Å². The highest BCUT2D eigenvalue weighted by molar-refractivity contribution is 5.80. The molecule has 17 heavy (non-hydrogen) atoms. The molecule has 3 nitrogen and oxygen atoms in total. The van der Waals surface area contributed by atoms with Crippen molar-refractivity contribution in [2.24, 2.45) is 17.8 Å². The average Bonchev–Trinajstić information content (AvgIpc) is 3.00. The van der Waals surface area contributed by atoms with E-state index in [9.17, 15) is 4.79 Å². The van der Waals surface area contributed by atoms with Crippen LogP contribution in [0.5, 0.6) is 0 Å². The molecule has 1 heterocycles. The number of rotatable bonds is 4. The van der Waals surface area contributed by atoms with Gasteiger partial charge in [0.05, 0.1) is 12.7 Å². The summed E-state index contributed by atoms with van der Waals surface area (Å²) in [5, 5.41) is 3.35. The van der Waals surface area contributed by atoms with E-state index < -0.39 is 0 Å². The third-order valence-corrected chi connectivity index (χ3v) is 5.06. The number of nitrogens with one attached hydrogen (secondary N) is 1. The summed E-state index contributed by atoms with van der Waals surface area (Å²) >= 11 is 0. The van der Waals surface area contributed by atoms with Gasteiger partial charge in [-0.25, -0.2) is 0 Å². The van der Waals surface area contributed by atoms with Crippen LogP contribution in [-0.4, -0.2) is 30.1 Å². The van der Waals surface area contributed by atoms with Crippen LogP contribution in [0.4, 0.5) is 0 Å². The normalized spacial score (nSPS) is 40.5. The molecule has 3 heteroatoms. The lowest BCUT2D eigenvalue weighted by Crippen LogP contribution is -2.41. The van der Waals surface area contributed by atoms with Crippen molar-refractivity contribution in [3.63, 3.8) is 0 Å². The van der Waals surface area contributed by atoms with E-state index >= 15 is 0 Å². The van der Waals surface area contributed by atoms with Crippen molar-refractivity contribution >= 4 is 5.91 Å². The Kier molecular flexibility index (Phi) is 3.12. The lowest BCUT2D eigenvalue weighted by atomic mass is 9.88. The molecule has 0 aromatic rings. The predicted molar refractivity (Wildman–Crippen MR) is 67.3 cm³/mol. The van der Waals surface area contributed by atoms with Crippen molar-refractivity contribution < 1.29 is 4.79 Å². The van der Waals surface area contributed by atoms with Crippen LogP contribution in [0.2, 0.25) is 0 Å². The van der Waals surface area contributed by atoms with E-state index in [0.29, 0.717) is 18.6 Å². The molecule has 0 radical (unpaired) electrons. The van der Waals surface area contributed by atoms with E-state index in [1.54, 1.807) is 0 Å². The maximum Gasteiger partial charge on any atom is 0.237 e. The molecule has 4 unspecified atom stereocenters. The third-order valence-electron chi connectivity index (χ3n) is 5.06. The molecule has 3 fully saturated rings. The number of hydrogen-bond acceptors (Lipinski definition) is 2. The molecule has 1 amide bonds. The van der Waals surface area contributed by atoms with Gasteiger partial charge in [-0.3, -0.25) is 10.1 Å². The summed E-state index contributed by atoms with van der Waals surface area (Å²) in [6, 6.07) is 0. The summed E-state index contributed by atoms with van der Waals surface area (Å²) < 4.78 is 0. The van der Waals surface area contributed by atoms with Crippen molar-refractivity contribution in [2.45, 2.75) is 51.6 Å². The van der Waals surface area contributed by atoms with E-state index in [1.165, 1.54) is 25.7 Å². The molecule has 1 aliphatic heterocycles. The number of nitrogens with zero attached hydrogens (tertiary/aromatic N) is 1. The summed E-state index contributed by atoms with van der Waals surface area (Å²) in [5.41, 5.74) is 0. The van der Waals surface area contributed by atoms with Gasteiger partial charge in [-0.05, 0) is 43.4 Å². The van der Waals surface area contributed by atoms with Gasteiger partial charge in [0, 0.05) is 6.54 Å². The highest BCUT2D eigenvalue weighted by Gasteiger charge is 2.42. The van der Waals surface area contributed by atoms with Crippen LogP contribution in [-0.2, 0) is 4.79 Å². The third kappa shape index (κ3) is 2.10. The van der Waals surface area contributed by atoms with Gasteiger partial charge in [0.15, 0.2) is 0 Å². The number of hydrogen-bond donors (Lipinski definition) is 1. The number of fused-ring (bicyclic) bond motifs is 2. The Hall–Kier alpha value is -0.570. The number of amides is 1. The highest BCUT2D eigenvalue weighted by Crippen LogP contribution is 2.48. The Morgan fingerprint density at radius 2 is 2.24 bits per heavy atom. The molecular formula is C14H24N2O. The van der Waals surface area contributed by atoms with E-state index in [1.807, 2.05) is 0 Å². The fourth-order valence-corrected chi connectivity index (χ4v) is 4.20. The van der Waals surface area contributed by atoms with E-state index in [2.05, 4.69) is 17.1 Å². The Labute approximate surface area is 104 Å². The lowest BCUT2D eigenvalue weighted by Gasteiger charge is -2.30. The summed E-state index contributed by atoms with van der Waals surface area (Å²) in [6.45, 7) is 3.78. The largest absolute Gasteiger partial charge is 0.326 e. The van der Waals surface area contributed by atoms with Crippen LogP contribution in [0.25, 0.3) is 0 Å². The van der Waals surface area contributed by atoms with Crippen LogP contribution in [0.3, 0.4) is 0 Å². The standard InChI is InChI=1S/C14H24N2O/c1-2-3-13-15-8-14(17)16(13)9-12-7-10-4-5-11(12)6-10/h10-13,15H,2-9H2,1H3. The summed E-state index contributed by atoms with van der Waals surface area (Å²) in [5.74, 6) is 3.04. The number of carbonyl (C=O) groups excluding carboxylic acids is 1. The maximum atomic E-state index is 11.9. The van der Waals surface area contributed by atoms with Crippen LogP contribution >= 0.6 is 0 Å².